The van der Waals surface area contributed by atoms with E-state index in [2.05, 4.69) is 5.32 Å². The van der Waals surface area contributed by atoms with Crippen LogP contribution in [0, 0.1) is 5.41 Å². The monoisotopic (exact) mass is 444 g/mol. The number of carbonyl (C=O) groups is 2. The number of ether oxygens (including phenoxy) is 1. The molecule has 0 spiro atoms. The van der Waals surface area contributed by atoms with Crippen molar-refractivity contribution in [1.29, 1.82) is 0 Å². The van der Waals surface area contributed by atoms with Gasteiger partial charge in [-0.15, -0.1) is 0 Å². The van der Waals surface area contributed by atoms with Crippen LogP contribution in [-0.2, 0) is 30.8 Å². The average molecular weight is 445 g/mol. The molecule has 0 radical (unpaired) electrons. The first-order valence-electron chi connectivity index (χ1n) is 10.4. The number of sulfonamides is 1. The molecule has 3 rings (SSSR count). The first-order valence-corrected chi connectivity index (χ1v) is 11.8. The molecular formula is C23H28N2O5S. The van der Waals surface area contributed by atoms with Gasteiger partial charge in [0.2, 0.25) is 15.9 Å². The van der Waals surface area contributed by atoms with Gasteiger partial charge in [-0.2, -0.15) is 4.31 Å². The van der Waals surface area contributed by atoms with Gasteiger partial charge >= 0.3 is 5.97 Å². The molecule has 1 fully saturated rings. The molecule has 8 heteroatoms. The molecule has 166 valence electrons. The number of amides is 1. The van der Waals surface area contributed by atoms with Crippen molar-refractivity contribution in [2.45, 2.75) is 38.0 Å². The summed E-state index contributed by atoms with van der Waals surface area (Å²) >= 11 is 0. The van der Waals surface area contributed by atoms with Gasteiger partial charge in [0.1, 0.15) is 0 Å². The van der Waals surface area contributed by atoms with E-state index < -0.39 is 15.4 Å². The van der Waals surface area contributed by atoms with Gasteiger partial charge in [0, 0.05) is 25.7 Å². The lowest BCUT2D eigenvalue weighted by Gasteiger charge is -2.40. The summed E-state index contributed by atoms with van der Waals surface area (Å²) in [5.41, 5.74) is 0.423. The Labute approximate surface area is 183 Å². The molecule has 2 aromatic carbocycles. The zero-order chi connectivity index (χ0) is 22.5. The maximum Gasteiger partial charge on any atom is 0.313 e. The number of nitrogens with zero attached hydrogens (tertiary/aromatic N) is 1. The number of hydrogen-bond acceptors (Lipinski definition) is 5. The van der Waals surface area contributed by atoms with Crippen molar-refractivity contribution in [3.05, 3.63) is 60.2 Å². The highest BCUT2D eigenvalue weighted by atomic mass is 32.2. The predicted octanol–water partition coefficient (Wildman–Crippen LogP) is 3.22. The number of anilines is 1. The number of esters is 1. The molecule has 1 heterocycles. The van der Waals surface area contributed by atoms with Gasteiger partial charge in [0.05, 0.1) is 16.9 Å². The molecule has 1 atom stereocenters. The Balaban J connectivity index is 1.93. The van der Waals surface area contributed by atoms with Crippen LogP contribution in [0.4, 0.5) is 5.69 Å². The second-order valence-corrected chi connectivity index (χ2v) is 9.75. The summed E-state index contributed by atoms with van der Waals surface area (Å²) in [6.45, 7) is 3.72. The fourth-order valence-electron chi connectivity index (χ4n) is 4.04. The number of benzene rings is 2. The number of rotatable bonds is 7. The third-order valence-electron chi connectivity index (χ3n) is 5.43. The van der Waals surface area contributed by atoms with E-state index in [-0.39, 0.29) is 29.9 Å². The topological polar surface area (TPSA) is 92.8 Å². The Morgan fingerprint density at radius 3 is 2.55 bits per heavy atom. The largest absolute Gasteiger partial charge is 0.466 e. The molecule has 1 amide bonds. The molecule has 31 heavy (non-hydrogen) atoms. The van der Waals surface area contributed by atoms with Crippen LogP contribution < -0.4 is 5.32 Å². The van der Waals surface area contributed by atoms with E-state index in [1.807, 2.05) is 30.3 Å². The third-order valence-corrected chi connectivity index (χ3v) is 7.27. The van der Waals surface area contributed by atoms with Gasteiger partial charge in [-0.25, -0.2) is 8.42 Å². The summed E-state index contributed by atoms with van der Waals surface area (Å²) in [7, 11) is -3.86. The zero-order valence-corrected chi connectivity index (χ0v) is 18.7. The van der Waals surface area contributed by atoms with E-state index >= 15 is 0 Å². The molecular weight excluding hydrogens is 416 g/mol. The minimum absolute atomic E-state index is 0.0490. The summed E-state index contributed by atoms with van der Waals surface area (Å²) in [5, 5.41) is 2.61. The van der Waals surface area contributed by atoms with E-state index in [0.717, 1.165) is 5.56 Å². The van der Waals surface area contributed by atoms with Gasteiger partial charge in [0.15, 0.2) is 0 Å². The van der Waals surface area contributed by atoms with Crippen molar-refractivity contribution in [2.75, 3.05) is 25.0 Å². The second kappa shape index (κ2) is 9.62. The van der Waals surface area contributed by atoms with Gasteiger partial charge in [-0.3, -0.25) is 9.59 Å². The van der Waals surface area contributed by atoms with Crippen molar-refractivity contribution < 1.29 is 22.7 Å². The van der Waals surface area contributed by atoms with Crippen LogP contribution in [0.2, 0.25) is 0 Å². The van der Waals surface area contributed by atoms with Crippen molar-refractivity contribution in [2.24, 2.45) is 5.41 Å². The summed E-state index contributed by atoms with van der Waals surface area (Å²) < 4.78 is 33.6. The lowest BCUT2D eigenvalue weighted by molar-refractivity contribution is -0.157. The standard InChI is InChI=1S/C23H28N2O5S/c1-3-30-22(27)23(16-19-9-5-4-6-10-19)13-8-14-25(17-23)31(28,29)21-12-7-11-20(15-21)24-18(2)26/h4-7,9-12,15H,3,8,13-14,16-17H2,1-2H3,(H,24,26)/t23-/m0/s1. The van der Waals surface area contributed by atoms with E-state index in [9.17, 15) is 18.0 Å². The lowest BCUT2D eigenvalue weighted by Crippen LogP contribution is -2.51. The van der Waals surface area contributed by atoms with Crippen LogP contribution in [0.3, 0.4) is 0 Å². The van der Waals surface area contributed by atoms with Crippen molar-refractivity contribution in [1.82, 2.24) is 4.31 Å². The fourth-order valence-corrected chi connectivity index (χ4v) is 5.65. The molecule has 0 aromatic heterocycles. The summed E-state index contributed by atoms with van der Waals surface area (Å²) in [4.78, 5) is 24.4. The molecule has 1 aliphatic heterocycles. The highest BCUT2D eigenvalue weighted by molar-refractivity contribution is 7.89. The third kappa shape index (κ3) is 5.32. The van der Waals surface area contributed by atoms with Crippen LogP contribution in [0.1, 0.15) is 32.3 Å². The fraction of sp³-hybridized carbons (Fsp3) is 0.391. The van der Waals surface area contributed by atoms with Crippen LogP contribution in [-0.4, -0.2) is 44.3 Å². The highest BCUT2D eigenvalue weighted by Gasteiger charge is 2.46. The lowest BCUT2D eigenvalue weighted by atomic mass is 9.75. The normalized spacial score (nSPS) is 19.5. The van der Waals surface area contributed by atoms with Crippen LogP contribution >= 0.6 is 0 Å². The number of nitrogens with one attached hydrogen (secondary N) is 1. The summed E-state index contributed by atoms with van der Waals surface area (Å²) in [6.07, 6.45) is 1.51. The van der Waals surface area contributed by atoms with Crippen LogP contribution in [0.15, 0.2) is 59.5 Å². The van der Waals surface area contributed by atoms with Crippen molar-refractivity contribution in [3.63, 3.8) is 0 Å². The first kappa shape index (κ1) is 23.0. The maximum atomic E-state index is 13.4. The van der Waals surface area contributed by atoms with Gasteiger partial charge in [-0.05, 0) is 49.9 Å². The molecule has 1 N–H and O–H groups in total. The number of carbonyl (C=O) groups excluding carboxylic acids is 2. The predicted molar refractivity (Wildman–Crippen MR) is 118 cm³/mol. The Kier molecular flexibility index (Phi) is 7.12. The number of piperidine rings is 1. The molecule has 2 aromatic rings. The zero-order valence-electron chi connectivity index (χ0n) is 17.8. The van der Waals surface area contributed by atoms with Crippen molar-refractivity contribution in [3.8, 4) is 0 Å². The number of hydrogen-bond donors (Lipinski definition) is 1. The minimum Gasteiger partial charge on any atom is -0.466 e. The smallest absolute Gasteiger partial charge is 0.313 e. The minimum atomic E-state index is -3.86. The van der Waals surface area contributed by atoms with E-state index in [0.29, 0.717) is 31.5 Å². The molecule has 0 aliphatic carbocycles. The molecule has 7 nitrogen and oxygen atoms in total. The van der Waals surface area contributed by atoms with E-state index in [1.165, 1.54) is 23.4 Å². The van der Waals surface area contributed by atoms with E-state index in [1.54, 1.807) is 19.1 Å². The molecule has 0 saturated carbocycles. The summed E-state index contributed by atoms with van der Waals surface area (Å²) in [6, 6.07) is 15.7. The quantitative estimate of drug-likeness (QED) is 0.662. The Bertz CT molecular complexity index is 1040. The maximum absolute atomic E-state index is 13.4. The SMILES string of the molecule is CCOC(=O)[C@]1(Cc2ccccc2)CCCN(S(=O)(=O)c2cccc(NC(C)=O)c2)C1. The Morgan fingerprint density at radius 2 is 1.87 bits per heavy atom. The molecule has 0 unspecified atom stereocenters. The Hall–Kier alpha value is -2.71. The van der Waals surface area contributed by atoms with Crippen molar-refractivity contribution >= 4 is 27.6 Å². The summed E-state index contributed by atoms with van der Waals surface area (Å²) in [5.74, 6) is -0.651. The highest BCUT2D eigenvalue weighted by Crippen LogP contribution is 2.37. The van der Waals surface area contributed by atoms with Crippen LogP contribution in [0.25, 0.3) is 0 Å². The van der Waals surface area contributed by atoms with Gasteiger partial charge in [0.25, 0.3) is 0 Å². The molecule has 0 bridgehead atoms. The van der Waals surface area contributed by atoms with Crippen LogP contribution in [0.5, 0.6) is 0 Å². The Morgan fingerprint density at radius 1 is 1.13 bits per heavy atom. The van der Waals surface area contributed by atoms with Gasteiger partial charge in [-0.1, -0.05) is 36.4 Å². The van der Waals surface area contributed by atoms with E-state index in [4.69, 9.17) is 4.74 Å². The molecule has 1 aliphatic rings. The molecule has 1 saturated heterocycles. The average Bonchev–Trinajstić information content (AvgIpc) is 2.74. The second-order valence-electron chi connectivity index (χ2n) is 7.81. The van der Waals surface area contributed by atoms with Gasteiger partial charge < -0.3 is 10.1 Å². The first-order chi connectivity index (χ1) is 14.8.